The van der Waals surface area contributed by atoms with E-state index >= 15 is 0 Å². The third-order valence-electron chi connectivity index (χ3n) is 3.59. The fraction of sp³-hybridized carbons (Fsp3) is 0.111. The third-order valence-corrected chi connectivity index (χ3v) is 4.00. The van der Waals surface area contributed by atoms with Gasteiger partial charge in [0.15, 0.2) is 17.3 Å². The van der Waals surface area contributed by atoms with E-state index in [1.807, 2.05) is 18.2 Å². The zero-order valence-corrected chi connectivity index (χ0v) is 13.4. The monoisotopic (exact) mass is 327 g/mol. The highest BCUT2D eigenvalue weighted by molar-refractivity contribution is 6.39. The molecule has 0 atom stereocenters. The Bertz CT molecular complexity index is 878. The molecule has 0 bridgehead atoms. The second-order valence-electron chi connectivity index (χ2n) is 4.91. The molecule has 0 amide bonds. The van der Waals surface area contributed by atoms with Gasteiger partial charge in [0.25, 0.3) is 0 Å². The van der Waals surface area contributed by atoms with E-state index in [1.54, 1.807) is 38.5 Å². The molecule has 1 aromatic heterocycles. The van der Waals surface area contributed by atoms with Crippen LogP contribution in [0.5, 0.6) is 11.5 Å². The maximum absolute atomic E-state index is 12.6. The van der Waals surface area contributed by atoms with Gasteiger partial charge in [-0.1, -0.05) is 41.9 Å². The first-order valence-corrected chi connectivity index (χ1v) is 7.33. The number of rotatable bonds is 4. The van der Waals surface area contributed by atoms with Crippen LogP contribution >= 0.6 is 11.6 Å². The lowest BCUT2D eigenvalue weighted by Gasteiger charge is -2.11. The summed E-state index contributed by atoms with van der Waals surface area (Å²) in [7, 11) is 3.10. The van der Waals surface area contributed by atoms with Crippen molar-refractivity contribution < 1.29 is 14.3 Å². The molecule has 0 saturated heterocycles. The Morgan fingerprint density at radius 2 is 1.70 bits per heavy atom. The van der Waals surface area contributed by atoms with Gasteiger partial charge in [-0.15, -0.1) is 0 Å². The van der Waals surface area contributed by atoms with Crippen LogP contribution in [0.2, 0.25) is 5.02 Å². The fourth-order valence-corrected chi connectivity index (χ4v) is 2.68. The maximum atomic E-state index is 12.6. The molecule has 1 heterocycles. The molecule has 3 aromatic rings. The van der Waals surface area contributed by atoms with E-state index in [0.717, 1.165) is 0 Å². The van der Waals surface area contributed by atoms with Crippen LogP contribution in [-0.2, 0) is 0 Å². The molecule has 2 aromatic carbocycles. The summed E-state index contributed by atoms with van der Waals surface area (Å²) in [6.07, 6.45) is 1.49. The van der Waals surface area contributed by atoms with Gasteiger partial charge in [0.05, 0.1) is 30.3 Å². The van der Waals surface area contributed by atoms with Gasteiger partial charge in [0.2, 0.25) is 0 Å². The van der Waals surface area contributed by atoms with Crippen molar-refractivity contribution in [3.8, 4) is 11.5 Å². The fourth-order valence-electron chi connectivity index (χ4n) is 2.39. The number of carbonyl (C=O) groups excluding carboxylic acids is 1. The zero-order chi connectivity index (χ0) is 16.4. The minimum Gasteiger partial charge on any atom is -0.493 e. The van der Waals surface area contributed by atoms with Gasteiger partial charge in [-0.25, -0.2) is 0 Å². The third kappa shape index (κ3) is 2.73. The Hall–Kier alpha value is -2.59. The number of halogens is 1. The Morgan fingerprint density at radius 3 is 2.35 bits per heavy atom. The van der Waals surface area contributed by atoms with Crippen molar-refractivity contribution in [3.05, 3.63) is 64.8 Å². The van der Waals surface area contributed by atoms with E-state index in [1.165, 1.54) is 6.20 Å². The minimum absolute atomic E-state index is 0.167. The molecule has 23 heavy (non-hydrogen) atoms. The first-order chi connectivity index (χ1) is 11.2. The van der Waals surface area contributed by atoms with Gasteiger partial charge in [-0.05, 0) is 6.07 Å². The Labute approximate surface area is 138 Å². The Balaban J connectivity index is 2.17. The van der Waals surface area contributed by atoms with Gasteiger partial charge in [-0.3, -0.25) is 9.78 Å². The lowest BCUT2D eigenvalue weighted by Crippen LogP contribution is -2.03. The van der Waals surface area contributed by atoms with Crippen LogP contribution in [0, 0.1) is 0 Å². The highest BCUT2D eigenvalue weighted by Gasteiger charge is 2.17. The average Bonchev–Trinajstić information content (AvgIpc) is 2.61. The predicted molar refractivity (Wildman–Crippen MR) is 89.7 cm³/mol. The molecule has 0 unspecified atom stereocenters. The molecule has 0 radical (unpaired) electrons. The van der Waals surface area contributed by atoms with Crippen LogP contribution < -0.4 is 9.47 Å². The molecule has 3 rings (SSSR count). The standard InChI is InChI=1S/C18H14ClNO3/c1-22-15-8-12-14(9-16(15)23-2)20-10-13(17(12)19)18(21)11-6-4-3-5-7-11/h3-10H,1-2H3. The molecule has 0 aliphatic rings. The van der Waals surface area contributed by atoms with Gasteiger partial charge in [0, 0.05) is 23.2 Å². The first-order valence-electron chi connectivity index (χ1n) is 6.95. The maximum Gasteiger partial charge on any atom is 0.196 e. The van der Waals surface area contributed by atoms with Crippen molar-refractivity contribution in [3.63, 3.8) is 0 Å². The smallest absolute Gasteiger partial charge is 0.196 e. The lowest BCUT2D eigenvalue weighted by molar-refractivity contribution is 0.103. The van der Waals surface area contributed by atoms with E-state index in [0.29, 0.717) is 38.6 Å². The van der Waals surface area contributed by atoms with Crippen LogP contribution in [0.4, 0.5) is 0 Å². The normalized spacial score (nSPS) is 10.6. The van der Waals surface area contributed by atoms with Crippen molar-refractivity contribution in [1.29, 1.82) is 0 Å². The first kappa shape index (κ1) is 15.3. The lowest BCUT2D eigenvalue weighted by atomic mass is 10.0. The molecule has 0 spiro atoms. The van der Waals surface area contributed by atoms with Crippen molar-refractivity contribution in [2.24, 2.45) is 0 Å². The van der Waals surface area contributed by atoms with Gasteiger partial charge >= 0.3 is 0 Å². The number of pyridine rings is 1. The number of benzene rings is 2. The number of ether oxygens (including phenoxy) is 2. The summed E-state index contributed by atoms with van der Waals surface area (Å²) in [6.45, 7) is 0. The Morgan fingerprint density at radius 1 is 1.04 bits per heavy atom. The molecule has 0 N–H and O–H groups in total. The summed E-state index contributed by atoms with van der Waals surface area (Å²) in [5.74, 6) is 0.929. The van der Waals surface area contributed by atoms with Crippen molar-refractivity contribution >= 4 is 28.3 Å². The summed E-state index contributed by atoms with van der Waals surface area (Å²) in [5, 5.41) is 0.996. The van der Waals surface area contributed by atoms with E-state index in [2.05, 4.69) is 4.98 Å². The van der Waals surface area contributed by atoms with E-state index < -0.39 is 0 Å². The number of methoxy groups -OCH3 is 2. The van der Waals surface area contributed by atoms with Crippen molar-refractivity contribution in [2.45, 2.75) is 0 Å². The molecule has 0 saturated carbocycles. The number of hydrogen-bond donors (Lipinski definition) is 0. The summed E-state index contributed by atoms with van der Waals surface area (Å²) >= 11 is 6.45. The van der Waals surface area contributed by atoms with E-state index in [9.17, 15) is 4.79 Å². The number of hydrogen-bond acceptors (Lipinski definition) is 4. The van der Waals surface area contributed by atoms with Gasteiger partial charge in [0.1, 0.15) is 0 Å². The molecule has 5 heteroatoms. The van der Waals surface area contributed by atoms with E-state index in [4.69, 9.17) is 21.1 Å². The summed E-state index contributed by atoms with van der Waals surface area (Å²) in [4.78, 5) is 16.9. The highest BCUT2D eigenvalue weighted by Crippen LogP contribution is 2.36. The molecule has 116 valence electrons. The number of fused-ring (bicyclic) bond motifs is 1. The summed E-state index contributed by atoms with van der Waals surface area (Å²) in [6, 6.07) is 12.4. The Kier molecular flexibility index (Phi) is 4.17. The minimum atomic E-state index is -0.167. The van der Waals surface area contributed by atoms with Gasteiger partial charge < -0.3 is 9.47 Å². The number of ketones is 1. The number of nitrogens with zero attached hydrogens (tertiary/aromatic N) is 1. The molecular formula is C18H14ClNO3. The average molecular weight is 328 g/mol. The highest BCUT2D eigenvalue weighted by atomic mass is 35.5. The zero-order valence-electron chi connectivity index (χ0n) is 12.7. The molecule has 0 aliphatic heterocycles. The number of carbonyl (C=O) groups is 1. The SMILES string of the molecule is COc1cc2ncc(C(=O)c3ccccc3)c(Cl)c2cc1OC. The molecule has 0 fully saturated rings. The topological polar surface area (TPSA) is 48.4 Å². The molecule has 4 nitrogen and oxygen atoms in total. The van der Waals surface area contributed by atoms with Crippen molar-refractivity contribution in [2.75, 3.05) is 14.2 Å². The van der Waals surface area contributed by atoms with Crippen LogP contribution in [-0.4, -0.2) is 25.0 Å². The van der Waals surface area contributed by atoms with Crippen LogP contribution in [0.15, 0.2) is 48.7 Å². The largest absolute Gasteiger partial charge is 0.493 e. The number of aromatic nitrogens is 1. The summed E-state index contributed by atoms with van der Waals surface area (Å²) in [5.41, 5.74) is 1.56. The second kappa shape index (κ2) is 6.26. The van der Waals surface area contributed by atoms with Crippen molar-refractivity contribution in [1.82, 2.24) is 4.98 Å². The molecular weight excluding hydrogens is 314 g/mol. The van der Waals surface area contributed by atoms with Gasteiger partial charge in [-0.2, -0.15) is 0 Å². The van der Waals surface area contributed by atoms with Crippen LogP contribution in [0.3, 0.4) is 0 Å². The van der Waals surface area contributed by atoms with E-state index in [-0.39, 0.29) is 5.78 Å². The van der Waals surface area contributed by atoms with Crippen LogP contribution in [0.1, 0.15) is 15.9 Å². The molecule has 0 aliphatic carbocycles. The predicted octanol–water partition coefficient (Wildman–Crippen LogP) is 4.14. The quantitative estimate of drug-likeness (QED) is 0.676. The summed E-state index contributed by atoms with van der Waals surface area (Å²) < 4.78 is 10.5. The second-order valence-corrected chi connectivity index (χ2v) is 5.28. The van der Waals surface area contributed by atoms with Crippen LogP contribution in [0.25, 0.3) is 10.9 Å².